The first-order valence-corrected chi connectivity index (χ1v) is 7.83. The molecule has 6 heteroatoms. The Kier molecular flexibility index (Phi) is 6.49. The van der Waals surface area contributed by atoms with Crippen LogP contribution in [0.3, 0.4) is 0 Å². The third-order valence-electron chi connectivity index (χ3n) is 3.85. The second-order valence-electron chi connectivity index (χ2n) is 5.20. The van der Waals surface area contributed by atoms with Crippen LogP contribution in [0.4, 0.5) is 0 Å². The summed E-state index contributed by atoms with van der Waals surface area (Å²) in [5.74, 6) is 1.71. The van der Waals surface area contributed by atoms with E-state index in [2.05, 4.69) is 0 Å². The summed E-state index contributed by atoms with van der Waals surface area (Å²) in [4.78, 5) is 12.2. The lowest BCUT2D eigenvalue weighted by molar-refractivity contribution is 0.0597. The van der Waals surface area contributed by atoms with Gasteiger partial charge in [-0.25, -0.2) is 4.79 Å². The van der Waals surface area contributed by atoms with Gasteiger partial charge in [-0.3, -0.25) is 0 Å². The molecule has 26 heavy (non-hydrogen) atoms. The van der Waals surface area contributed by atoms with Gasteiger partial charge >= 0.3 is 5.97 Å². The highest BCUT2D eigenvalue weighted by molar-refractivity contribution is 5.98. The van der Waals surface area contributed by atoms with Gasteiger partial charge in [0, 0.05) is 6.07 Å². The maximum absolute atomic E-state index is 12.2. The van der Waals surface area contributed by atoms with Crippen molar-refractivity contribution in [1.29, 1.82) is 0 Å². The zero-order valence-electron chi connectivity index (χ0n) is 15.5. The number of methoxy groups -OCH3 is 5. The molecule has 2 aromatic carbocycles. The van der Waals surface area contributed by atoms with Gasteiger partial charge in [0.05, 0.1) is 41.1 Å². The summed E-state index contributed by atoms with van der Waals surface area (Å²) in [5.41, 5.74) is 1.64. The molecule has 0 bridgehead atoms. The van der Waals surface area contributed by atoms with E-state index in [9.17, 15) is 4.79 Å². The number of hydrogen-bond donors (Lipinski definition) is 0. The average Bonchev–Trinajstić information content (AvgIpc) is 2.70. The molecule has 0 saturated carbocycles. The number of hydrogen-bond acceptors (Lipinski definition) is 6. The van der Waals surface area contributed by atoms with Gasteiger partial charge in [-0.1, -0.05) is 12.1 Å². The summed E-state index contributed by atoms with van der Waals surface area (Å²) in [6.07, 6.45) is 3.57. The van der Waals surface area contributed by atoms with Gasteiger partial charge in [0.15, 0.2) is 0 Å². The molecule has 0 spiro atoms. The fourth-order valence-electron chi connectivity index (χ4n) is 2.56. The van der Waals surface area contributed by atoms with Gasteiger partial charge in [0.25, 0.3) is 0 Å². The van der Waals surface area contributed by atoms with Crippen molar-refractivity contribution in [2.45, 2.75) is 0 Å². The van der Waals surface area contributed by atoms with Crippen molar-refractivity contribution in [2.24, 2.45) is 0 Å². The van der Waals surface area contributed by atoms with E-state index in [0.717, 1.165) is 5.56 Å². The Morgan fingerprint density at radius 2 is 1.42 bits per heavy atom. The zero-order chi connectivity index (χ0) is 19.1. The molecule has 0 aliphatic rings. The van der Waals surface area contributed by atoms with Gasteiger partial charge in [-0.05, 0) is 29.8 Å². The first-order chi connectivity index (χ1) is 12.6. The van der Waals surface area contributed by atoms with Crippen molar-refractivity contribution >= 4 is 18.1 Å². The number of carbonyl (C=O) groups excluding carboxylic acids is 1. The Bertz CT molecular complexity index is 788. The summed E-state index contributed by atoms with van der Waals surface area (Å²) in [5, 5.41) is 0. The van der Waals surface area contributed by atoms with Crippen LogP contribution in [-0.4, -0.2) is 41.5 Å². The Balaban J connectivity index is 2.62. The summed E-state index contributed by atoms with van der Waals surface area (Å²) in [6, 6.07) is 8.86. The number of ether oxygens (including phenoxy) is 5. The molecule has 0 saturated heterocycles. The molecule has 0 radical (unpaired) electrons. The third kappa shape index (κ3) is 3.91. The van der Waals surface area contributed by atoms with E-state index >= 15 is 0 Å². The van der Waals surface area contributed by atoms with Gasteiger partial charge in [-0.2, -0.15) is 0 Å². The maximum Gasteiger partial charge on any atom is 0.342 e. The summed E-state index contributed by atoms with van der Waals surface area (Å²) in [7, 11) is 7.52. The molecular formula is C20H22O6. The minimum atomic E-state index is -0.504. The summed E-state index contributed by atoms with van der Waals surface area (Å²) < 4.78 is 26.3. The SMILES string of the molecule is COC(=O)c1c(/C=C/c2c(OC)cccc2OC)cc(OC)cc1OC. The van der Waals surface area contributed by atoms with E-state index in [1.54, 1.807) is 45.6 Å². The van der Waals surface area contributed by atoms with E-state index < -0.39 is 5.97 Å². The Morgan fingerprint density at radius 1 is 0.808 bits per heavy atom. The van der Waals surface area contributed by atoms with Crippen molar-refractivity contribution in [2.75, 3.05) is 35.5 Å². The Labute approximate surface area is 152 Å². The highest BCUT2D eigenvalue weighted by Crippen LogP contribution is 2.33. The van der Waals surface area contributed by atoms with Crippen LogP contribution < -0.4 is 18.9 Å². The molecule has 0 aromatic heterocycles. The largest absolute Gasteiger partial charge is 0.497 e. The molecule has 0 fully saturated rings. The standard InChI is InChI=1S/C20H22O6/c1-22-14-11-13(19(20(21)26-5)18(12-14)25-4)9-10-15-16(23-2)7-6-8-17(15)24-3/h6-12H,1-5H3/b10-9+. The lowest BCUT2D eigenvalue weighted by Crippen LogP contribution is -2.07. The van der Waals surface area contributed by atoms with Crippen molar-refractivity contribution in [3.05, 3.63) is 47.0 Å². The molecule has 0 N–H and O–H groups in total. The van der Waals surface area contributed by atoms with Crippen LogP contribution in [0.1, 0.15) is 21.5 Å². The lowest BCUT2D eigenvalue weighted by Gasteiger charge is -2.13. The first-order valence-electron chi connectivity index (χ1n) is 7.83. The normalized spacial score (nSPS) is 10.5. The number of carbonyl (C=O) groups is 1. The van der Waals surface area contributed by atoms with Gasteiger partial charge < -0.3 is 23.7 Å². The van der Waals surface area contributed by atoms with Crippen LogP contribution in [0.2, 0.25) is 0 Å². The fraction of sp³-hybridized carbons (Fsp3) is 0.250. The molecular weight excluding hydrogens is 336 g/mol. The highest BCUT2D eigenvalue weighted by atomic mass is 16.5. The number of rotatable bonds is 7. The van der Waals surface area contributed by atoms with E-state index in [0.29, 0.717) is 34.1 Å². The second kappa shape index (κ2) is 8.80. The molecule has 2 aromatic rings. The second-order valence-corrected chi connectivity index (χ2v) is 5.20. The quantitative estimate of drug-likeness (QED) is 0.556. The van der Waals surface area contributed by atoms with E-state index in [1.807, 2.05) is 18.2 Å². The highest BCUT2D eigenvalue weighted by Gasteiger charge is 2.19. The van der Waals surface area contributed by atoms with Crippen LogP contribution in [0.25, 0.3) is 12.2 Å². The van der Waals surface area contributed by atoms with E-state index in [4.69, 9.17) is 23.7 Å². The minimum Gasteiger partial charge on any atom is -0.497 e. The molecule has 0 aliphatic carbocycles. The topological polar surface area (TPSA) is 63.2 Å². The molecule has 6 nitrogen and oxygen atoms in total. The molecule has 138 valence electrons. The van der Waals surface area contributed by atoms with Crippen LogP contribution in [-0.2, 0) is 4.74 Å². The van der Waals surface area contributed by atoms with Gasteiger partial charge in [-0.15, -0.1) is 0 Å². The van der Waals surface area contributed by atoms with Gasteiger partial charge in [0.1, 0.15) is 28.6 Å². The number of benzene rings is 2. The van der Waals surface area contributed by atoms with Crippen molar-refractivity contribution in [1.82, 2.24) is 0 Å². The fourth-order valence-corrected chi connectivity index (χ4v) is 2.56. The van der Waals surface area contributed by atoms with Crippen LogP contribution in [0.15, 0.2) is 30.3 Å². The summed E-state index contributed by atoms with van der Waals surface area (Å²) >= 11 is 0. The predicted octanol–water partition coefficient (Wildman–Crippen LogP) is 3.68. The third-order valence-corrected chi connectivity index (χ3v) is 3.85. The molecule has 2 rings (SSSR count). The Morgan fingerprint density at radius 3 is 1.92 bits per heavy atom. The van der Waals surface area contributed by atoms with Crippen molar-refractivity contribution < 1.29 is 28.5 Å². The summed E-state index contributed by atoms with van der Waals surface area (Å²) in [6.45, 7) is 0. The average molecular weight is 358 g/mol. The van der Waals surface area contributed by atoms with E-state index in [-0.39, 0.29) is 0 Å². The minimum absolute atomic E-state index is 0.306. The first kappa shape index (κ1) is 19.2. The van der Waals surface area contributed by atoms with Crippen LogP contribution in [0, 0.1) is 0 Å². The number of esters is 1. The van der Waals surface area contributed by atoms with E-state index in [1.165, 1.54) is 14.2 Å². The molecule has 0 amide bonds. The Hall–Kier alpha value is -3.15. The lowest BCUT2D eigenvalue weighted by atomic mass is 10.0. The maximum atomic E-state index is 12.2. The van der Waals surface area contributed by atoms with Gasteiger partial charge in [0.2, 0.25) is 0 Å². The zero-order valence-corrected chi connectivity index (χ0v) is 15.5. The smallest absolute Gasteiger partial charge is 0.342 e. The van der Waals surface area contributed by atoms with Crippen LogP contribution in [0.5, 0.6) is 23.0 Å². The van der Waals surface area contributed by atoms with Crippen molar-refractivity contribution in [3.8, 4) is 23.0 Å². The monoisotopic (exact) mass is 358 g/mol. The molecule has 0 unspecified atom stereocenters. The molecule has 0 heterocycles. The van der Waals surface area contributed by atoms with Crippen LogP contribution >= 0.6 is 0 Å². The predicted molar refractivity (Wildman–Crippen MR) is 99.4 cm³/mol. The molecule has 0 atom stereocenters. The van der Waals surface area contributed by atoms with Crippen molar-refractivity contribution in [3.63, 3.8) is 0 Å². The molecule has 0 aliphatic heterocycles.